The minimum Gasteiger partial charge on any atom is -0.496 e. The number of carbonyl (C=O) groups is 1. The average Bonchev–Trinajstić information content (AvgIpc) is 2.73. The predicted octanol–water partition coefficient (Wildman–Crippen LogP) is 2.44. The highest BCUT2D eigenvalue weighted by Gasteiger charge is 2.03. The molecule has 164 valence electrons. The number of methoxy groups -OCH3 is 1. The van der Waals surface area contributed by atoms with E-state index in [0.717, 1.165) is 48.8 Å². The summed E-state index contributed by atoms with van der Waals surface area (Å²) in [5, 5.41) is 6.64. The van der Waals surface area contributed by atoms with Crippen LogP contribution in [-0.4, -0.2) is 45.7 Å². The molecule has 2 aromatic carbocycles. The zero-order valence-corrected chi connectivity index (χ0v) is 20.1. The number of aryl methyl sites for hydroxylation is 1. The molecule has 30 heavy (non-hydrogen) atoms. The molecule has 2 aromatic rings. The predicted molar refractivity (Wildman–Crippen MR) is 131 cm³/mol. The fourth-order valence-electron chi connectivity index (χ4n) is 2.80. The van der Waals surface area contributed by atoms with Crippen LogP contribution in [0, 0.1) is 6.92 Å². The van der Waals surface area contributed by atoms with Gasteiger partial charge in [-0.2, -0.15) is 0 Å². The van der Waals surface area contributed by atoms with E-state index in [-0.39, 0.29) is 30.6 Å². The third-order valence-corrected chi connectivity index (χ3v) is 4.41. The lowest BCUT2D eigenvalue weighted by Crippen LogP contribution is -2.39. The quantitative estimate of drug-likeness (QED) is 0.251. The van der Waals surface area contributed by atoms with Crippen LogP contribution in [0.3, 0.4) is 0 Å². The Hall–Kier alpha value is -2.49. The molecule has 0 aliphatic carbocycles. The Kier molecular flexibility index (Phi) is 11.7. The molecule has 0 saturated heterocycles. The number of nitrogens with one attached hydrogen (secondary N) is 2. The van der Waals surface area contributed by atoms with Gasteiger partial charge in [0.05, 0.1) is 7.11 Å². The van der Waals surface area contributed by atoms with Crippen LogP contribution in [0.15, 0.2) is 47.5 Å². The summed E-state index contributed by atoms with van der Waals surface area (Å²) in [5.41, 5.74) is 8.58. The molecular formula is C22H31IN4O3. The molecule has 7 nitrogen and oxygen atoms in total. The number of guanidine groups is 1. The van der Waals surface area contributed by atoms with Crippen molar-refractivity contribution < 1.29 is 14.3 Å². The maximum atomic E-state index is 10.7. The summed E-state index contributed by atoms with van der Waals surface area (Å²) in [4.78, 5) is 15.0. The summed E-state index contributed by atoms with van der Waals surface area (Å²) >= 11 is 0. The van der Waals surface area contributed by atoms with E-state index < -0.39 is 5.91 Å². The van der Waals surface area contributed by atoms with E-state index in [2.05, 4.69) is 33.8 Å². The first kappa shape index (κ1) is 25.5. The molecule has 2 rings (SSSR count). The van der Waals surface area contributed by atoms with Gasteiger partial charge in [-0.15, -0.1) is 24.0 Å². The van der Waals surface area contributed by atoms with Crippen LogP contribution < -0.4 is 25.8 Å². The van der Waals surface area contributed by atoms with Gasteiger partial charge in [-0.1, -0.05) is 24.3 Å². The van der Waals surface area contributed by atoms with Crippen molar-refractivity contribution in [2.24, 2.45) is 10.7 Å². The lowest BCUT2D eigenvalue weighted by Gasteiger charge is -2.13. The van der Waals surface area contributed by atoms with Gasteiger partial charge >= 0.3 is 0 Å². The Morgan fingerprint density at radius 2 is 1.63 bits per heavy atom. The molecule has 0 saturated carbocycles. The number of carbonyl (C=O) groups excluding carboxylic acids is 1. The Labute approximate surface area is 195 Å². The largest absolute Gasteiger partial charge is 0.496 e. The molecule has 0 fully saturated rings. The molecule has 0 spiro atoms. The summed E-state index contributed by atoms with van der Waals surface area (Å²) < 4.78 is 10.6. The molecular weight excluding hydrogens is 495 g/mol. The van der Waals surface area contributed by atoms with Gasteiger partial charge < -0.3 is 25.8 Å². The molecule has 0 unspecified atom stereocenters. The van der Waals surface area contributed by atoms with Crippen molar-refractivity contribution in [2.45, 2.75) is 19.8 Å². The van der Waals surface area contributed by atoms with E-state index >= 15 is 0 Å². The maximum Gasteiger partial charge on any atom is 0.255 e. The van der Waals surface area contributed by atoms with Crippen molar-refractivity contribution in [1.82, 2.24) is 10.6 Å². The zero-order valence-electron chi connectivity index (χ0n) is 17.7. The Morgan fingerprint density at radius 1 is 1.03 bits per heavy atom. The number of hydrogen-bond donors (Lipinski definition) is 3. The smallest absolute Gasteiger partial charge is 0.255 e. The third-order valence-electron chi connectivity index (χ3n) is 4.41. The number of nitrogens with two attached hydrogens (primary N) is 1. The minimum absolute atomic E-state index is 0. The summed E-state index contributed by atoms with van der Waals surface area (Å²) in [5.74, 6) is 1.82. The number of amides is 1. The van der Waals surface area contributed by atoms with Crippen molar-refractivity contribution in [3.05, 3.63) is 59.2 Å². The van der Waals surface area contributed by atoms with E-state index in [1.165, 1.54) is 5.56 Å². The van der Waals surface area contributed by atoms with E-state index in [4.69, 9.17) is 15.2 Å². The highest BCUT2D eigenvalue weighted by atomic mass is 127. The summed E-state index contributed by atoms with van der Waals surface area (Å²) in [6, 6.07) is 13.9. The zero-order chi connectivity index (χ0) is 21.1. The van der Waals surface area contributed by atoms with Crippen molar-refractivity contribution in [2.75, 3.05) is 33.9 Å². The van der Waals surface area contributed by atoms with Crippen LogP contribution in [0.4, 0.5) is 0 Å². The van der Waals surface area contributed by atoms with Crippen LogP contribution in [0.2, 0.25) is 0 Å². The molecule has 0 radical (unpaired) electrons. The first-order valence-corrected chi connectivity index (χ1v) is 9.60. The van der Waals surface area contributed by atoms with Gasteiger partial charge in [0, 0.05) is 20.1 Å². The van der Waals surface area contributed by atoms with E-state index in [0.29, 0.717) is 5.75 Å². The highest BCUT2D eigenvalue weighted by molar-refractivity contribution is 14.0. The van der Waals surface area contributed by atoms with Crippen molar-refractivity contribution >= 4 is 35.8 Å². The molecule has 8 heteroatoms. The lowest BCUT2D eigenvalue weighted by molar-refractivity contribution is -0.119. The number of rotatable bonds is 10. The van der Waals surface area contributed by atoms with E-state index in [1.54, 1.807) is 14.2 Å². The average molecular weight is 526 g/mol. The SMILES string of the molecule is CN=C(NCCc1ccc(OCC(N)=O)cc1)NCCc1ccc(C)c(OC)c1.I. The van der Waals surface area contributed by atoms with Gasteiger partial charge in [0.1, 0.15) is 11.5 Å². The number of hydrogen-bond acceptors (Lipinski definition) is 4. The normalized spacial score (nSPS) is 10.7. The van der Waals surface area contributed by atoms with E-state index in [9.17, 15) is 4.79 Å². The number of primary amides is 1. The third kappa shape index (κ3) is 8.89. The maximum absolute atomic E-state index is 10.7. The Bertz CT molecular complexity index is 826. The Morgan fingerprint density at radius 3 is 2.20 bits per heavy atom. The molecule has 0 aliphatic heterocycles. The van der Waals surface area contributed by atoms with Gasteiger partial charge in [0.25, 0.3) is 5.91 Å². The first-order valence-electron chi connectivity index (χ1n) is 9.60. The molecule has 0 aliphatic rings. The van der Waals surface area contributed by atoms with Crippen LogP contribution in [0.1, 0.15) is 16.7 Å². The lowest BCUT2D eigenvalue weighted by atomic mass is 10.1. The van der Waals surface area contributed by atoms with Gasteiger partial charge in [0.15, 0.2) is 12.6 Å². The molecule has 1 amide bonds. The van der Waals surface area contributed by atoms with Crippen LogP contribution in [0.25, 0.3) is 0 Å². The van der Waals surface area contributed by atoms with Crippen molar-refractivity contribution in [3.63, 3.8) is 0 Å². The molecule has 0 atom stereocenters. The second-order valence-electron chi connectivity index (χ2n) is 6.63. The molecule has 0 heterocycles. The highest BCUT2D eigenvalue weighted by Crippen LogP contribution is 2.19. The number of nitrogens with zero attached hydrogens (tertiary/aromatic N) is 1. The van der Waals surface area contributed by atoms with Crippen LogP contribution >= 0.6 is 24.0 Å². The first-order chi connectivity index (χ1) is 14.0. The van der Waals surface area contributed by atoms with Crippen molar-refractivity contribution in [3.8, 4) is 11.5 Å². The monoisotopic (exact) mass is 526 g/mol. The second kappa shape index (κ2) is 13.7. The van der Waals surface area contributed by atoms with Gasteiger partial charge in [-0.25, -0.2) is 0 Å². The molecule has 0 aromatic heterocycles. The van der Waals surface area contributed by atoms with Crippen LogP contribution in [0.5, 0.6) is 11.5 Å². The van der Waals surface area contributed by atoms with Gasteiger partial charge in [-0.3, -0.25) is 9.79 Å². The number of ether oxygens (including phenoxy) is 2. The molecule has 0 bridgehead atoms. The van der Waals surface area contributed by atoms with Crippen LogP contribution in [-0.2, 0) is 17.6 Å². The second-order valence-corrected chi connectivity index (χ2v) is 6.63. The van der Waals surface area contributed by atoms with Crippen molar-refractivity contribution in [1.29, 1.82) is 0 Å². The standard InChI is InChI=1S/C22H30N4O3.HI/c1-16-4-5-18(14-20(16)28-3)11-13-26-22(24-2)25-12-10-17-6-8-19(9-7-17)29-15-21(23)27;/h4-9,14H,10-13,15H2,1-3H3,(H2,23,27)(H2,24,25,26);1H. The number of halogens is 1. The fraction of sp³-hybridized carbons (Fsp3) is 0.364. The van der Waals surface area contributed by atoms with E-state index in [1.807, 2.05) is 31.2 Å². The number of aliphatic imine (C=N–C) groups is 1. The van der Waals surface area contributed by atoms with Gasteiger partial charge in [-0.05, 0) is 54.7 Å². The fourth-order valence-corrected chi connectivity index (χ4v) is 2.80. The Balaban J connectivity index is 0.00000450. The topological polar surface area (TPSA) is 98.0 Å². The summed E-state index contributed by atoms with van der Waals surface area (Å²) in [7, 11) is 3.45. The molecule has 4 N–H and O–H groups in total. The minimum atomic E-state index is -0.487. The van der Waals surface area contributed by atoms with Gasteiger partial charge in [0.2, 0.25) is 0 Å². The summed E-state index contributed by atoms with van der Waals surface area (Å²) in [6.45, 7) is 3.45. The number of benzene rings is 2. The summed E-state index contributed by atoms with van der Waals surface area (Å²) in [6.07, 6.45) is 1.72.